The van der Waals surface area contributed by atoms with Crippen LogP contribution in [0.4, 0.5) is 0 Å². The highest BCUT2D eigenvalue weighted by molar-refractivity contribution is 5.60. The standard InChI is InChI=1S/C14H19N3O4/c1-14(18,8-15)7-12-16-13(17-21-12)9-4-10(19-2)6-11(5-9)20-3/h4-6,18H,7-8,15H2,1-3H3. The Morgan fingerprint density at radius 2 is 1.86 bits per heavy atom. The van der Waals surface area contributed by atoms with E-state index in [-0.39, 0.29) is 13.0 Å². The number of aliphatic hydroxyl groups is 1. The second-order valence-electron chi connectivity index (χ2n) is 4.99. The van der Waals surface area contributed by atoms with E-state index < -0.39 is 5.60 Å². The molecule has 7 nitrogen and oxygen atoms in total. The Kier molecular flexibility index (Phi) is 4.44. The van der Waals surface area contributed by atoms with Crippen LogP contribution in [0.25, 0.3) is 11.4 Å². The number of nitrogens with zero attached hydrogens (tertiary/aromatic N) is 2. The summed E-state index contributed by atoms with van der Waals surface area (Å²) in [5, 5.41) is 13.8. The third-order valence-electron chi connectivity index (χ3n) is 3.05. The molecule has 0 radical (unpaired) electrons. The van der Waals surface area contributed by atoms with Gasteiger partial charge in [-0.05, 0) is 19.1 Å². The van der Waals surface area contributed by atoms with Crippen molar-refractivity contribution in [1.29, 1.82) is 0 Å². The second-order valence-corrected chi connectivity index (χ2v) is 4.99. The van der Waals surface area contributed by atoms with Gasteiger partial charge >= 0.3 is 0 Å². The molecule has 114 valence electrons. The maximum atomic E-state index is 9.93. The highest BCUT2D eigenvalue weighted by Gasteiger charge is 2.23. The quantitative estimate of drug-likeness (QED) is 0.819. The van der Waals surface area contributed by atoms with Gasteiger partial charge in [0.05, 0.1) is 26.2 Å². The molecule has 0 fully saturated rings. The van der Waals surface area contributed by atoms with Crippen molar-refractivity contribution >= 4 is 0 Å². The topological polar surface area (TPSA) is 104 Å². The molecule has 2 aromatic rings. The zero-order valence-electron chi connectivity index (χ0n) is 12.3. The van der Waals surface area contributed by atoms with Crippen LogP contribution in [0, 0.1) is 0 Å². The summed E-state index contributed by atoms with van der Waals surface area (Å²) < 4.78 is 15.5. The number of methoxy groups -OCH3 is 2. The first-order chi connectivity index (χ1) is 9.97. The Hall–Kier alpha value is -2.12. The van der Waals surface area contributed by atoms with E-state index in [0.717, 1.165) is 0 Å². The Labute approximate surface area is 122 Å². The van der Waals surface area contributed by atoms with Gasteiger partial charge in [0.2, 0.25) is 11.7 Å². The lowest BCUT2D eigenvalue weighted by atomic mass is 10.0. The summed E-state index contributed by atoms with van der Waals surface area (Å²) in [7, 11) is 3.14. The summed E-state index contributed by atoms with van der Waals surface area (Å²) in [5.74, 6) is 1.98. The third-order valence-corrected chi connectivity index (χ3v) is 3.05. The van der Waals surface area contributed by atoms with E-state index in [1.54, 1.807) is 39.3 Å². The van der Waals surface area contributed by atoms with Crippen LogP contribution in [0.1, 0.15) is 12.8 Å². The molecule has 1 aromatic carbocycles. The summed E-state index contributed by atoms with van der Waals surface area (Å²) in [6.45, 7) is 1.73. The van der Waals surface area contributed by atoms with Gasteiger partial charge in [-0.2, -0.15) is 4.98 Å². The van der Waals surface area contributed by atoms with E-state index in [0.29, 0.717) is 28.8 Å². The Bertz CT molecular complexity index is 588. The number of aromatic nitrogens is 2. The predicted octanol–water partition coefficient (Wildman–Crippen LogP) is 1.01. The second kappa shape index (κ2) is 6.11. The molecule has 1 aromatic heterocycles. The molecular weight excluding hydrogens is 274 g/mol. The molecule has 3 N–H and O–H groups in total. The van der Waals surface area contributed by atoms with E-state index in [2.05, 4.69) is 10.1 Å². The van der Waals surface area contributed by atoms with Gasteiger partial charge in [-0.25, -0.2) is 0 Å². The molecule has 0 saturated carbocycles. The van der Waals surface area contributed by atoms with Gasteiger partial charge in [-0.15, -0.1) is 0 Å². The summed E-state index contributed by atoms with van der Waals surface area (Å²) in [6.07, 6.45) is 0.192. The zero-order valence-corrected chi connectivity index (χ0v) is 12.3. The van der Waals surface area contributed by atoms with E-state index in [9.17, 15) is 5.11 Å². The van der Waals surface area contributed by atoms with E-state index in [4.69, 9.17) is 19.7 Å². The third kappa shape index (κ3) is 3.71. The minimum absolute atomic E-state index is 0.109. The van der Waals surface area contributed by atoms with Gasteiger partial charge in [0.25, 0.3) is 0 Å². The van der Waals surface area contributed by atoms with Gasteiger partial charge in [-0.3, -0.25) is 0 Å². The average Bonchev–Trinajstić information content (AvgIpc) is 2.94. The van der Waals surface area contributed by atoms with Crippen molar-refractivity contribution in [2.24, 2.45) is 5.73 Å². The van der Waals surface area contributed by atoms with Crippen molar-refractivity contribution in [2.75, 3.05) is 20.8 Å². The summed E-state index contributed by atoms with van der Waals surface area (Å²) in [6, 6.07) is 5.31. The molecule has 0 bridgehead atoms. The van der Waals surface area contributed by atoms with E-state index in [1.165, 1.54) is 0 Å². The van der Waals surface area contributed by atoms with Crippen LogP contribution < -0.4 is 15.2 Å². The van der Waals surface area contributed by atoms with Crippen molar-refractivity contribution in [3.05, 3.63) is 24.1 Å². The highest BCUT2D eigenvalue weighted by Crippen LogP contribution is 2.28. The Morgan fingerprint density at radius 1 is 1.24 bits per heavy atom. The number of hydrogen-bond donors (Lipinski definition) is 2. The molecule has 0 amide bonds. The van der Waals surface area contributed by atoms with Gasteiger partial charge in [0, 0.05) is 18.2 Å². The van der Waals surface area contributed by atoms with Crippen LogP contribution in [0.2, 0.25) is 0 Å². The van der Waals surface area contributed by atoms with Crippen LogP contribution in [-0.2, 0) is 6.42 Å². The van der Waals surface area contributed by atoms with Crippen molar-refractivity contribution < 1.29 is 19.1 Å². The Balaban J connectivity index is 2.29. The molecule has 0 aliphatic heterocycles. The molecule has 1 atom stereocenters. The predicted molar refractivity (Wildman–Crippen MR) is 76.2 cm³/mol. The van der Waals surface area contributed by atoms with Gasteiger partial charge in [0.15, 0.2) is 0 Å². The van der Waals surface area contributed by atoms with Crippen LogP contribution in [-0.4, -0.2) is 41.6 Å². The molecule has 0 spiro atoms. The normalized spacial score (nSPS) is 13.8. The van der Waals surface area contributed by atoms with Crippen LogP contribution >= 0.6 is 0 Å². The SMILES string of the molecule is COc1cc(OC)cc(-c2noc(CC(C)(O)CN)n2)c1. The number of ether oxygens (including phenoxy) is 2. The fourth-order valence-corrected chi connectivity index (χ4v) is 1.78. The minimum atomic E-state index is -1.07. The highest BCUT2D eigenvalue weighted by atomic mass is 16.5. The lowest BCUT2D eigenvalue weighted by Gasteiger charge is -2.17. The molecule has 1 heterocycles. The van der Waals surface area contributed by atoms with Crippen LogP contribution in [0.15, 0.2) is 22.7 Å². The molecule has 0 aliphatic rings. The van der Waals surface area contributed by atoms with E-state index >= 15 is 0 Å². The number of benzene rings is 1. The molecule has 0 aliphatic carbocycles. The molecule has 7 heteroatoms. The molecule has 21 heavy (non-hydrogen) atoms. The minimum Gasteiger partial charge on any atom is -0.497 e. The van der Waals surface area contributed by atoms with Crippen molar-refractivity contribution in [3.63, 3.8) is 0 Å². The fraction of sp³-hybridized carbons (Fsp3) is 0.429. The van der Waals surface area contributed by atoms with Gasteiger partial charge < -0.3 is 24.8 Å². The maximum Gasteiger partial charge on any atom is 0.229 e. The van der Waals surface area contributed by atoms with Gasteiger partial charge in [0.1, 0.15) is 11.5 Å². The zero-order chi connectivity index (χ0) is 15.5. The number of hydrogen-bond acceptors (Lipinski definition) is 7. The number of nitrogens with two attached hydrogens (primary N) is 1. The summed E-state index contributed by atoms with van der Waals surface area (Å²) >= 11 is 0. The Morgan fingerprint density at radius 3 is 2.38 bits per heavy atom. The van der Waals surface area contributed by atoms with Crippen LogP contribution in [0.3, 0.4) is 0 Å². The average molecular weight is 293 g/mol. The molecule has 0 saturated heterocycles. The fourth-order valence-electron chi connectivity index (χ4n) is 1.78. The first-order valence-corrected chi connectivity index (χ1v) is 6.46. The monoisotopic (exact) mass is 293 g/mol. The molecule has 2 rings (SSSR count). The lowest BCUT2D eigenvalue weighted by molar-refractivity contribution is 0.0610. The van der Waals surface area contributed by atoms with Crippen molar-refractivity contribution in [2.45, 2.75) is 18.9 Å². The first kappa shape index (κ1) is 15.3. The number of rotatable bonds is 6. The summed E-state index contributed by atoms with van der Waals surface area (Å²) in [5.41, 5.74) is 5.10. The van der Waals surface area contributed by atoms with Crippen molar-refractivity contribution in [1.82, 2.24) is 10.1 Å². The molecular formula is C14H19N3O4. The van der Waals surface area contributed by atoms with E-state index in [1.807, 2.05) is 0 Å². The summed E-state index contributed by atoms with van der Waals surface area (Å²) in [4.78, 5) is 4.26. The smallest absolute Gasteiger partial charge is 0.229 e. The maximum absolute atomic E-state index is 9.93. The molecule has 1 unspecified atom stereocenters. The van der Waals surface area contributed by atoms with Crippen LogP contribution in [0.5, 0.6) is 11.5 Å². The lowest BCUT2D eigenvalue weighted by Crippen LogP contribution is -2.36. The first-order valence-electron chi connectivity index (χ1n) is 6.46. The van der Waals surface area contributed by atoms with Gasteiger partial charge in [-0.1, -0.05) is 5.16 Å². The van der Waals surface area contributed by atoms with Crippen molar-refractivity contribution in [3.8, 4) is 22.9 Å². The largest absolute Gasteiger partial charge is 0.497 e.